The van der Waals surface area contributed by atoms with Crippen LogP contribution in [0.15, 0.2) is 30.3 Å². The second-order valence-electron chi connectivity index (χ2n) is 5.29. The van der Waals surface area contributed by atoms with Gasteiger partial charge in [-0.1, -0.05) is 35.4 Å². The van der Waals surface area contributed by atoms with Crippen LogP contribution < -0.4 is 5.73 Å². The Kier molecular flexibility index (Phi) is 3.98. The lowest BCUT2D eigenvalue weighted by Crippen LogP contribution is -2.16. The molecule has 0 fully saturated rings. The number of halogens is 1. The Morgan fingerprint density at radius 3 is 2.00 bits per heavy atom. The smallest absolute Gasteiger partial charge is 0.0559 e. The van der Waals surface area contributed by atoms with Crippen molar-refractivity contribution >= 4 is 11.6 Å². The first-order valence-electron chi connectivity index (χ1n) is 6.49. The van der Waals surface area contributed by atoms with E-state index >= 15 is 0 Å². The first-order chi connectivity index (χ1) is 8.90. The summed E-state index contributed by atoms with van der Waals surface area (Å²) in [6, 6.07) is 10.2. The SMILES string of the molecule is Cc1cc(C)c(C(N)c2ccc(Cl)cc2C)c(C)c1. The van der Waals surface area contributed by atoms with E-state index in [4.69, 9.17) is 17.3 Å². The summed E-state index contributed by atoms with van der Waals surface area (Å²) in [4.78, 5) is 0. The first-order valence-corrected chi connectivity index (χ1v) is 6.87. The van der Waals surface area contributed by atoms with E-state index in [2.05, 4.69) is 39.8 Å². The molecule has 0 saturated heterocycles. The molecule has 2 N–H and O–H groups in total. The van der Waals surface area contributed by atoms with Gasteiger partial charge in [-0.05, 0) is 67.6 Å². The van der Waals surface area contributed by atoms with Crippen LogP contribution in [0.25, 0.3) is 0 Å². The molecule has 1 nitrogen and oxygen atoms in total. The molecule has 0 aliphatic rings. The summed E-state index contributed by atoms with van der Waals surface area (Å²) in [6.45, 7) is 8.42. The highest BCUT2D eigenvalue weighted by molar-refractivity contribution is 6.30. The van der Waals surface area contributed by atoms with Crippen molar-refractivity contribution < 1.29 is 0 Å². The fraction of sp³-hybridized carbons (Fsp3) is 0.294. The molecular weight excluding hydrogens is 254 g/mol. The molecule has 1 unspecified atom stereocenters. The minimum Gasteiger partial charge on any atom is -0.320 e. The molecule has 0 spiro atoms. The van der Waals surface area contributed by atoms with Crippen molar-refractivity contribution in [2.24, 2.45) is 5.73 Å². The molecule has 1 atom stereocenters. The monoisotopic (exact) mass is 273 g/mol. The molecule has 100 valence electrons. The van der Waals surface area contributed by atoms with Crippen LogP contribution in [0.4, 0.5) is 0 Å². The molecule has 0 bridgehead atoms. The Hall–Kier alpha value is -1.31. The third kappa shape index (κ3) is 2.83. The van der Waals surface area contributed by atoms with Crippen LogP contribution in [0, 0.1) is 27.7 Å². The zero-order valence-electron chi connectivity index (χ0n) is 11.9. The minimum absolute atomic E-state index is 0.0992. The van der Waals surface area contributed by atoms with Gasteiger partial charge in [0.15, 0.2) is 0 Å². The van der Waals surface area contributed by atoms with E-state index in [-0.39, 0.29) is 6.04 Å². The summed E-state index contributed by atoms with van der Waals surface area (Å²) in [5, 5.41) is 0.755. The third-order valence-corrected chi connectivity index (χ3v) is 3.85. The maximum atomic E-state index is 6.48. The Balaban J connectivity index is 2.53. The average molecular weight is 274 g/mol. The van der Waals surface area contributed by atoms with Gasteiger partial charge in [0, 0.05) is 5.02 Å². The van der Waals surface area contributed by atoms with Crippen molar-refractivity contribution in [2.45, 2.75) is 33.7 Å². The summed E-state index contributed by atoms with van der Waals surface area (Å²) in [6.07, 6.45) is 0. The molecule has 0 radical (unpaired) electrons. The van der Waals surface area contributed by atoms with Crippen LogP contribution in [-0.2, 0) is 0 Å². The van der Waals surface area contributed by atoms with E-state index in [9.17, 15) is 0 Å². The molecule has 19 heavy (non-hydrogen) atoms. The normalized spacial score (nSPS) is 12.5. The summed E-state index contributed by atoms with van der Waals surface area (Å²) >= 11 is 6.01. The quantitative estimate of drug-likeness (QED) is 0.849. The zero-order chi connectivity index (χ0) is 14.2. The number of aryl methyl sites for hydroxylation is 4. The lowest BCUT2D eigenvalue weighted by molar-refractivity contribution is 0.842. The Morgan fingerprint density at radius 2 is 1.47 bits per heavy atom. The lowest BCUT2D eigenvalue weighted by atomic mass is 9.89. The highest BCUT2D eigenvalue weighted by Gasteiger charge is 2.16. The number of nitrogens with two attached hydrogens (primary N) is 1. The van der Waals surface area contributed by atoms with Crippen LogP contribution in [0.1, 0.15) is 39.4 Å². The summed E-state index contributed by atoms with van der Waals surface area (Å²) < 4.78 is 0. The fourth-order valence-corrected chi connectivity index (χ4v) is 3.05. The van der Waals surface area contributed by atoms with Gasteiger partial charge in [0.1, 0.15) is 0 Å². The highest BCUT2D eigenvalue weighted by atomic mass is 35.5. The Morgan fingerprint density at radius 1 is 0.895 bits per heavy atom. The molecule has 0 aromatic heterocycles. The average Bonchev–Trinajstić information content (AvgIpc) is 2.26. The van der Waals surface area contributed by atoms with Crippen molar-refractivity contribution in [3.63, 3.8) is 0 Å². The molecule has 0 saturated carbocycles. The topological polar surface area (TPSA) is 26.0 Å². The highest BCUT2D eigenvalue weighted by Crippen LogP contribution is 2.29. The van der Waals surface area contributed by atoms with E-state index in [0.717, 1.165) is 16.1 Å². The van der Waals surface area contributed by atoms with Crippen LogP contribution in [-0.4, -0.2) is 0 Å². The van der Waals surface area contributed by atoms with Gasteiger partial charge in [-0.25, -0.2) is 0 Å². The van der Waals surface area contributed by atoms with Crippen molar-refractivity contribution in [1.82, 2.24) is 0 Å². The fourth-order valence-electron chi connectivity index (χ4n) is 2.83. The number of hydrogen-bond acceptors (Lipinski definition) is 1. The van der Waals surface area contributed by atoms with Crippen molar-refractivity contribution in [3.05, 3.63) is 68.7 Å². The van der Waals surface area contributed by atoms with Crippen LogP contribution in [0.5, 0.6) is 0 Å². The second-order valence-corrected chi connectivity index (χ2v) is 5.73. The molecule has 0 amide bonds. The maximum Gasteiger partial charge on any atom is 0.0559 e. The maximum absolute atomic E-state index is 6.48. The molecule has 2 aromatic rings. The van der Waals surface area contributed by atoms with Crippen LogP contribution in [0.2, 0.25) is 5.02 Å². The molecule has 0 heterocycles. The van der Waals surface area contributed by atoms with E-state index in [1.807, 2.05) is 18.2 Å². The van der Waals surface area contributed by atoms with E-state index in [0.29, 0.717) is 0 Å². The first kappa shape index (κ1) is 14.1. The van der Waals surface area contributed by atoms with Crippen molar-refractivity contribution in [3.8, 4) is 0 Å². The second kappa shape index (κ2) is 5.36. The number of benzene rings is 2. The van der Waals surface area contributed by atoms with Gasteiger partial charge in [-0.2, -0.15) is 0 Å². The Bertz CT molecular complexity index is 594. The molecular formula is C17H20ClN. The van der Waals surface area contributed by atoms with Crippen molar-refractivity contribution in [2.75, 3.05) is 0 Å². The van der Waals surface area contributed by atoms with Gasteiger partial charge in [0.05, 0.1) is 6.04 Å². The molecule has 0 aliphatic heterocycles. The number of hydrogen-bond donors (Lipinski definition) is 1. The standard InChI is InChI=1S/C17H20ClN/c1-10-7-12(3)16(13(4)8-10)17(19)15-6-5-14(18)9-11(15)2/h5-9,17H,19H2,1-4H3. The van der Waals surface area contributed by atoms with Gasteiger partial charge in [-0.15, -0.1) is 0 Å². The zero-order valence-corrected chi connectivity index (χ0v) is 12.7. The largest absolute Gasteiger partial charge is 0.320 e. The van der Waals surface area contributed by atoms with Gasteiger partial charge in [-0.3, -0.25) is 0 Å². The molecule has 2 rings (SSSR count). The number of rotatable bonds is 2. The van der Waals surface area contributed by atoms with Gasteiger partial charge in [0.2, 0.25) is 0 Å². The summed E-state index contributed by atoms with van der Waals surface area (Å²) in [5.41, 5.74) is 13.7. The van der Waals surface area contributed by atoms with Gasteiger partial charge in [0.25, 0.3) is 0 Å². The van der Waals surface area contributed by atoms with E-state index in [1.165, 1.54) is 22.3 Å². The van der Waals surface area contributed by atoms with E-state index < -0.39 is 0 Å². The Labute approximate surface area is 120 Å². The molecule has 2 aromatic carbocycles. The van der Waals surface area contributed by atoms with Gasteiger partial charge < -0.3 is 5.73 Å². The summed E-state index contributed by atoms with van der Waals surface area (Å²) in [5.74, 6) is 0. The summed E-state index contributed by atoms with van der Waals surface area (Å²) in [7, 11) is 0. The van der Waals surface area contributed by atoms with Gasteiger partial charge >= 0.3 is 0 Å². The lowest BCUT2D eigenvalue weighted by Gasteiger charge is -2.20. The van der Waals surface area contributed by atoms with E-state index in [1.54, 1.807) is 0 Å². The van der Waals surface area contributed by atoms with Crippen molar-refractivity contribution in [1.29, 1.82) is 0 Å². The predicted octanol–water partition coefficient (Wildman–Crippen LogP) is 4.62. The third-order valence-electron chi connectivity index (χ3n) is 3.62. The minimum atomic E-state index is -0.0992. The van der Waals surface area contributed by atoms with Crippen LogP contribution >= 0.6 is 11.6 Å². The van der Waals surface area contributed by atoms with Crippen LogP contribution in [0.3, 0.4) is 0 Å². The molecule has 2 heteroatoms. The molecule has 0 aliphatic carbocycles. The predicted molar refractivity (Wildman–Crippen MR) is 82.9 cm³/mol.